The second-order valence-corrected chi connectivity index (χ2v) is 5.71. The number of hydrogen-bond donors (Lipinski definition) is 3. The molecule has 1 heterocycles. The van der Waals surface area contributed by atoms with Gasteiger partial charge in [-0.2, -0.15) is 0 Å². The zero-order chi connectivity index (χ0) is 14.9. The molecule has 4 nitrogen and oxygen atoms in total. The van der Waals surface area contributed by atoms with Gasteiger partial charge in [0.1, 0.15) is 0 Å². The molecule has 0 saturated carbocycles. The predicted molar refractivity (Wildman–Crippen MR) is 88.8 cm³/mol. The van der Waals surface area contributed by atoms with Crippen molar-refractivity contribution in [2.24, 2.45) is 4.99 Å². The van der Waals surface area contributed by atoms with Gasteiger partial charge in [0.15, 0.2) is 5.96 Å². The van der Waals surface area contributed by atoms with Crippen LogP contribution in [0.1, 0.15) is 16.4 Å². The van der Waals surface area contributed by atoms with Crippen LogP contribution in [0.5, 0.6) is 0 Å². The smallest absolute Gasteiger partial charge is 0.191 e. The van der Waals surface area contributed by atoms with Gasteiger partial charge in [-0.15, -0.1) is 11.3 Å². The molecule has 1 unspecified atom stereocenters. The maximum atomic E-state index is 9.55. The summed E-state index contributed by atoms with van der Waals surface area (Å²) >= 11 is 1.72. The fourth-order valence-corrected chi connectivity index (χ4v) is 2.68. The first-order valence-electron chi connectivity index (χ1n) is 6.96. The molecular weight excluding hydrogens is 282 g/mol. The van der Waals surface area contributed by atoms with Crippen LogP contribution in [-0.4, -0.2) is 31.3 Å². The number of aliphatic imine (C=N–C) groups is 1. The van der Waals surface area contributed by atoms with Gasteiger partial charge in [0.25, 0.3) is 0 Å². The predicted octanol–water partition coefficient (Wildman–Crippen LogP) is 2.19. The molecule has 1 aromatic heterocycles. The van der Waals surface area contributed by atoms with Gasteiger partial charge in [-0.25, -0.2) is 0 Å². The van der Waals surface area contributed by atoms with Crippen LogP contribution in [0.15, 0.2) is 52.8 Å². The van der Waals surface area contributed by atoms with Crippen LogP contribution in [0.25, 0.3) is 0 Å². The Bertz CT molecular complexity index is 540. The number of nitrogens with zero attached hydrogens (tertiary/aromatic N) is 1. The molecule has 0 bridgehead atoms. The molecule has 2 rings (SSSR count). The zero-order valence-electron chi connectivity index (χ0n) is 12.1. The molecule has 1 atom stereocenters. The Kier molecular flexibility index (Phi) is 6.24. The lowest BCUT2D eigenvalue weighted by molar-refractivity contribution is 0.265. The molecule has 5 heteroatoms. The topological polar surface area (TPSA) is 56.7 Å². The van der Waals surface area contributed by atoms with Crippen molar-refractivity contribution in [3.05, 3.63) is 58.3 Å². The van der Waals surface area contributed by atoms with Crippen molar-refractivity contribution in [3.63, 3.8) is 0 Å². The summed E-state index contributed by atoms with van der Waals surface area (Å²) in [4.78, 5) is 5.47. The summed E-state index contributed by atoms with van der Waals surface area (Å²) in [6.07, 6.45) is 0. The molecule has 0 saturated heterocycles. The van der Waals surface area contributed by atoms with Crippen LogP contribution >= 0.6 is 11.3 Å². The molecule has 21 heavy (non-hydrogen) atoms. The van der Waals surface area contributed by atoms with E-state index in [4.69, 9.17) is 0 Å². The molecule has 112 valence electrons. The largest absolute Gasteiger partial charge is 0.396 e. The zero-order valence-corrected chi connectivity index (χ0v) is 12.9. The Labute approximate surface area is 129 Å². The Hall–Kier alpha value is -1.85. The summed E-state index contributed by atoms with van der Waals surface area (Å²) in [5.41, 5.74) is 1.13. The SMILES string of the molecule is CN=C(NCc1cccs1)NCC(CO)c1ccccc1. The molecule has 0 aliphatic carbocycles. The van der Waals surface area contributed by atoms with Crippen molar-refractivity contribution >= 4 is 17.3 Å². The molecule has 0 aliphatic rings. The van der Waals surface area contributed by atoms with Crippen LogP contribution in [0, 0.1) is 0 Å². The summed E-state index contributed by atoms with van der Waals surface area (Å²) in [6, 6.07) is 14.1. The lowest BCUT2D eigenvalue weighted by atomic mass is 10.0. The number of aliphatic hydroxyl groups is 1. The van der Waals surface area contributed by atoms with Crippen LogP contribution < -0.4 is 10.6 Å². The lowest BCUT2D eigenvalue weighted by Crippen LogP contribution is -2.39. The summed E-state index contributed by atoms with van der Waals surface area (Å²) in [7, 11) is 1.75. The first-order valence-corrected chi connectivity index (χ1v) is 7.84. The minimum Gasteiger partial charge on any atom is -0.396 e. The van der Waals surface area contributed by atoms with Gasteiger partial charge in [-0.05, 0) is 17.0 Å². The first kappa shape index (κ1) is 15.5. The van der Waals surface area contributed by atoms with Gasteiger partial charge in [0.05, 0.1) is 13.2 Å². The lowest BCUT2D eigenvalue weighted by Gasteiger charge is -2.17. The number of thiophene rings is 1. The van der Waals surface area contributed by atoms with Gasteiger partial charge in [-0.3, -0.25) is 4.99 Å². The van der Waals surface area contributed by atoms with Crippen LogP contribution in [0.4, 0.5) is 0 Å². The first-order chi connectivity index (χ1) is 10.3. The molecule has 2 aromatic rings. The van der Waals surface area contributed by atoms with Crippen molar-refractivity contribution in [1.82, 2.24) is 10.6 Å². The Morgan fingerprint density at radius 1 is 1.19 bits per heavy atom. The second kappa shape index (κ2) is 8.44. The van der Waals surface area contributed by atoms with Gasteiger partial charge >= 0.3 is 0 Å². The minimum absolute atomic E-state index is 0.0616. The molecule has 0 spiro atoms. The summed E-state index contributed by atoms with van der Waals surface area (Å²) in [6.45, 7) is 1.51. The number of nitrogens with one attached hydrogen (secondary N) is 2. The average molecular weight is 303 g/mol. The van der Waals surface area contributed by atoms with E-state index < -0.39 is 0 Å². The van der Waals surface area contributed by atoms with Crippen molar-refractivity contribution in [3.8, 4) is 0 Å². The van der Waals surface area contributed by atoms with E-state index in [2.05, 4.69) is 27.1 Å². The van der Waals surface area contributed by atoms with E-state index in [1.807, 2.05) is 36.4 Å². The third kappa shape index (κ3) is 4.88. The van der Waals surface area contributed by atoms with Crippen LogP contribution in [0.3, 0.4) is 0 Å². The van der Waals surface area contributed by atoms with Gasteiger partial charge in [0.2, 0.25) is 0 Å². The van der Waals surface area contributed by atoms with Gasteiger partial charge < -0.3 is 15.7 Å². The molecule has 0 amide bonds. The molecule has 0 aliphatic heterocycles. The highest BCUT2D eigenvalue weighted by atomic mass is 32.1. The van der Waals surface area contributed by atoms with Crippen LogP contribution in [0.2, 0.25) is 0 Å². The normalized spacial score (nSPS) is 13.0. The standard InChI is InChI=1S/C16H21N3OS/c1-17-16(19-11-15-8-5-9-21-15)18-10-14(12-20)13-6-3-2-4-7-13/h2-9,14,20H,10-12H2,1H3,(H2,17,18,19). The third-order valence-electron chi connectivity index (χ3n) is 3.24. The number of benzene rings is 1. The van der Waals surface area contributed by atoms with E-state index >= 15 is 0 Å². The number of hydrogen-bond acceptors (Lipinski definition) is 3. The monoisotopic (exact) mass is 303 g/mol. The summed E-state index contributed by atoms with van der Waals surface area (Å²) in [5, 5.41) is 18.1. The van der Waals surface area contributed by atoms with E-state index in [1.54, 1.807) is 18.4 Å². The molecule has 1 aromatic carbocycles. The van der Waals surface area contributed by atoms with E-state index in [1.165, 1.54) is 4.88 Å². The minimum atomic E-state index is 0.0616. The van der Waals surface area contributed by atoms with E-state index in [0.717, 1.165) is 18.1 Å². The Morgan fingerprint density at radius 2 is 2.00 bits per heavy atom. The van der Waals surface area contributed by atoms with Crippen molar-refractivity contribution in [2.75, 3.05) is 20.2 Å². The van der Waals surface area contributed by atoms with E-state index in [9.17, 15) is 5.11 Å². The Morgan fingerprint density at radius 3 is 2.62 bits per heavy atom. The number of rotatable bonds is 6. The summed E-state index contributed by atoms with van der Waals surface area (Å²) < 4.78 is 0. The second-order valence-electron chi connectivity index (χ2n) is 4.68. The quantitative estimate of drug-likeness (QED) is 0.566. The molecule has 0 radical (unpaired) electrons. The van der Waals surface area contributed by atoms with E-state index in [-0.39, 0.29) is 12.5 Å². The van der Waals surface area contributed by atoms with Crippen LogP contribution in [-0.2, 0) is 6.54 Å². The average Bonchev–Trinajstić information content (AvgIpc) is 3.05. The summed E-state index contributed by atoms with van der Waals surface area (Å²) in [5.74, 6) is 0.810. The molecule has 0 fully saturated rings. The van der Waals surface area contributed by atoms with Crippen molar-refractivity contribution in [2.45, 2.75) is 12.5 Å². The third-order valence-corrected chi connectivity index (χ3v) is 4.12. The maximum Gasteiger partial charge on any atom is 0.191 e. The highest BCUT2D eigenvalue weighted by Crippen LogP contribution is 2.13. The van der Waals surface area contributed by atoms with Crippen molar-refractivity contribution in [1.29, 1.82) is 0 Å². The fraction of sp³-hybridized carbons (Fsp3) is 0.312. The number of aliphatic hydroxyl groups excluding tert-OH is 1. The Balaban J connectivity index is 1.84. The fourth-order valence-electron chi connectivity index (χ4n) is 2.04. The maximum absolute atomic E-state index is 9.55. The highest BCUT2D eigenvalue weighted by Gasteiger charge is 2.10. The van der Waals surface area contributed by atoms with Crippen molar-refractivity contribution < 1.29 is 5.11 Å². The number of guanidine groups is 1. The molecule has 3 N–H and O–H groups in total. The van der Waals surface area contributed by atoms with E-state index in [0.29, 0.717) is 6.54 Å². The highest BCUT2D eigenvalue weighted by molar-refractivity contribution is 7.09. The van der Waals surface area contributed by atoms with Gasteiger partial charge in [-0.1, -0.05) is 36.4 Å². The molecular formula is C16H21N3OS. The van der Waals surface area contributed by atoms with Gasteiger partial charge in [0, 0.05) is 24.4 Å².